The molecule has 2 heterocycles. The van der Waals surface area contributed by atoms with Gasteiger partial charge in [-0.15, -0.1) is 0 Å². The summed E-state index contributed by atoms with van der Waals surface area (Å²) in [6, 6.07) is 5.06. The Hall–Kier alpha value is -1.86. The van der Waals surface area contributed by atoms with Gasteiger partial charge in [0.25, 0.3) is 0 Å². The third-order valence-corrected chi connectivity index (χ3v) is 4.90. The average Bonchev–Trinajstić information content (AvgIpc) is 3.20. The van der Waals surface area contributed by atoms with Crippen LogP contribution < -0.4 is 0 Å². The molecule has 0 unspecified atom stereocenters. The minimum Gasteiger partial charge on any atom is -0.444 e. The molecule has 0 bridgehead atoms. The number of likely N-dealkylation sites (tertiary alicyclic amines) is 1. The highest BCUT2D eigenvalue weighted by molar-refractivity contribution is 5.33. The van der Waals surface area contributed by atoms with Gasteiger partial charge in [-0.05, 0) is 30.9 Å². The van der Waals surface area contributed by atoms with Crippen LogP contribution in [0.4, 0.5) is 13.2 Å². The molecule has 7 heteroatoms. The van der Waals surface area contributed by atoms with Crippen LogP contribution in [0.3, 0.4) is 0 Å². The van der Waals surface area contributed by atoms with Gasteiger partial charge in [0.2, 0.25) is 5.89 Å². The summed E-state index contributed by atoms with van der Waals surface area (Å²) in [7, 11) is 0. The number of aliphatic hydroxyl groups excluding tert-OH is 1. The van der Waals surface area contributed by atoms with Crippen LogP contribution in [-0.2, 0) is 12.7 Å². The van der Waals surface area contributed by atoms with Crippen molar-refractivity contribution in [3.8, 4) is 0 Å². The lowest BCUT2D eigenvalue weighted by Crippen LogP contribution is -2.26. The molecule has 0 spiro atoms. The van der Waals surface area contributed by atoms with Crippen molar-refractivity contribution in [2.75, 3.05) is 6.54 Å². The number of rotatable bonds is 4. The van der Waals surface area contributed by atoms with Gasteiger partial charge in [-0.1, -0.05) is 18.2 Å². The fourth-order valence-corrected chi connectivity index (χ4v) is 3.55. The smallest absolute Gasteiger partial charge is 0.416 e. The van der Waals surface area contributed by atoms with Crippen molar-refractivity contribution in [2.24, 2.45) is 0 Å². The zero-order chi connectivity index (χ0) is 17.6. The van der Waals surface area contributed by atoms with E-state index >= 15 is 0 Å². The van der Waals surface area contributed by atoms with Gasteiger partial charge in [-0.25, -0.2) is 4.98 Å². The largest absolute Gasteiger partial charge is 0.444 e. The van der Waals surface area contributed by atoms with Gasteiger partial charge >= 0.3 is 6.18 Å². The van der Waals surface area contributed by atoms with E-state index in [0.717, 1.165) is 24.7 Å². The van der Waals surface area contributed by atoms with Crippen LogP contribution in [0.2, 0.25) is 0 Å². The number of aliphatic hydroxyl groups is 1. The van der Waals surface area contributed by atoms with Crippen LogP contribution in [0.25, 0.3) is 0 Å². The molecule has 1 aliphatic carbocycles. The number of β-amino-alcohol motifs (C(OH)–C–C–N with tert-alkyl or cyclic N) is 1. The standard InChI is InChI=1S/C18H19F3N2O2/c19-18(20,21)14-4-2-1-3-13(14)15-7-12(24)9-23(15)10-17-22-8-16(25-17)11-5-6-11/h1-4,8,11-12,15,24H,5-7,9-10H2/t12-,15+/m1/s1. The van der Waals surface area contributed by atoms with Gasteiger partial charge in [0.15, 0.2) is 0 Å². The number of alkyl halides is 3. The topological polar surface area (TPSA) is 49.5 Å². The monoisotopic (exact) mass is 352 g/mol. The lowest BCUT2D eigenvalue weighted by atomic mass is 9.97. The van der Waals surface area contributed by atoms with Gasteiger partial charge in [0.05, 0.1) is 24.4 Å². The quantitative estimate of drug-likeness (QED) is 0.907. The first-order valence-electron chi connectivity index (χ1n) is 8.44. The number of oxazole rings is 1. The van der Waals surface area contributed by atoms with E-state index < -0.39 is 23.9 Å². The van der Waals surface area contributed by atoms with Gasteiger partial charge in [-0.2, -0.15) is 13.2 Å². The first-order chi connectivity index (χ1) is 11.9. The molecule has 2 atom stereocenters. The molecule has 0 radical (unpaired) electrons. The van der Waals surface area contributed by atoms with Crippen LogP contribution in [0, 0.1) is 0 Å². The summed E-state index contributed by atoms with van der Waals surface area (Å²) in [6.45, 7) is 0.596. The van der Waals surface area contributed by atoms with Crippen LogP contribution in [0.1, 0.15) is 54.0 Å². The fourth-order valence-electron chi connectivity index (χ4n) is 3.55. The highest BCUT2D eigenvalue weighted by atomic mass is 19.4. The van der Waals surface area contributed by atoms with Gasteiger partial charge in [-0.3, -0.25) is 4.90 Å². The molecule has 1 aromatic carbocycles. The maximum Gasteiger partial charge on any atom is 0.416 e. The van der Waals surface area contributed by atoms with Crippen molar-refractivity contribution in [3.05, 3.63) is 53.2 Å². The lowest BCUT2D eigenvalue weighted by Gasteiger charge is -2.25. The summed E-state index contributed by atoms with van der Waals surface area (Å²) in [6.07, 6.45) is -0.916. The van der Waals surface area contributed by atoms with E-state index in [2.05, 4.69) is 4.98 Å². The molecule has 1 saturated carbocycles. The van der Waals surface area contributed by atoms with E-state index in [9.17, 15) is 18.3 Å². The predicted molar refractivity (Wildman–Crippen MR) is 83.7 cm³/mol. The fraction of sp³-hybridized carbons (Fsp3) is 0.500. The van der Waals surface area contributed by atoms with E-state index in [1.54, 1.807) is 12.3 Å². The summed E-state index contributed by atoms with van der Waals surface area (Å²) >= 11 is 0. The van der Waals surface area contributed by atoms with Crippen LogP contribution in [-0.4, -0.2) is 27.6 Å². The Morgan fingerprint density at radius 3 is 2.72 bits per heavy atom. The van der Waals surface area contributed by atoms with E-state index in [-0.39, 0.29) is 12.0 Å². The Kier molecular flexibility index (Phi) is 4.08. The molecular weight excluding hydrogens is 333 g/mol. The highest BCUT2D eigenvalue weighted by Gasteiger charge is 2.40. The van der Waals surface area contributed by atoms with Crippen LogP contribution >= 0.6 is 0 Å². The van der Waals surface area contributed by atoms with E-state index in [0.29, 0.717) is 24.9 Å². The summed E-state index contributed by atoms with van der Waals surface area (Å²) in [4.78, 5) is 6.07. The Morgan fingerprint density at radius 2 is 2.00 bits per heavy atom. The Bertz CT molecular complexity index is 755. The molecule has 134 valence electrons. The average molecular weight is 352 g/mol. The number of aromatic nitrogens is 1. The molecule has 2 aliphatic rings. The Balaban J connectivity index is 1.59. The van der Waals surface area contributed by atoms with Crippen molar-refractivity contribution >= 4 is 0 Å². The normalized spacial score (nSPS) is 24.8. The first kappa shape index (κ1) is 16.6. The van der Waals surface area contributed by atoms with Crippen molar-refractivity contribution in [3.63, 3.8) is 0 Å². The molecule has 2 fully saturated rings. The molecule has 1 N–H and O–H groups in total. The van der Waals surface area contributed by atoms with Crippen molar-refractivity contribution in [2.45, 2.75) is 50.0 Å². The van der Waals surface area contributed by atoms with Gasteiger partial charge in [0, 0.05) is 18.5 Å². The second kappa shape index (κ2) is 6.14. The number of halogens is 3. The lowest BCUT2D eigenvalue weighted by molar-refractivity contribution is -0.138. The Morgan fingerprint density at radius 1 is 1.24 bits per heavy atom. The molecule has 4 nitrogen and oxygen atoms in total. The van der Waals surface area contributed by atoms with Crippen LogP contribution in [0.5, 0.6) is 0 Å². The second-order valence-corrected chi connectivity index (χ2v) is 6.85. The van der Waals surface area contributed by atoms with Crippen LogP contribution in [0.15, 0.2) is 34.9 Å². The zero-order valence-corrected chi connectivity index (χ0v) is 13.5. The molecule has 2 aromatic rings. The maximum absolute atomic E-state index is 13.3. The van der Waals surface area contributed by atoms with Gasteiger partial charge in [0.1, 0.15) is 5.76 Å². The minimum atomic E-state index is -4.42. The SMILES string of the molecule is O[C@@H]1C[C@@H](c2ccccc2C(F)(F)F)N(Cc2ncc(C3CC3)o2)C1. The number of hydrogen-bond acceptors (Lipinski definition) is 4. The number of nitrogens with zero attached hydrogens (tertiary/aromatic N) is 2. The summed E-state index contributed by atoms with van der Waals surface area (Å²) < 4.78 is 45.8. The molecular formula is C18H19F3N2O2. The summed E-state index contributed by atoms with van der Waals surface area (Å²) in [5, 5.41) is 10.0. The van der Waals surface area contributed by atoms with E-state index in [1.807, 2.05) is 4.90 Å². The zero-order valence-electron chi connectivity index (χ0n) is 13.5. The molecule has 1 saturated heterocycles. The third-order valence-electron chi connectivity index (χ3n) is 4.90. The summed E-state index contributed by atoms with van der Waals surface area (Å²) in [5.74, 6) is 1.78. The third kappa shape index (κ3) is 3.43. The molecule has 25 heavy (non-hydrogen) atoms. The second-order valence-electron chi connectivity index (χ2n) is 6.85. The molecule has 4 rings (SSSR count). The molecule has 1 aromatic heterocycles. The van der Waals surface area contributed by atoms with Crippen molar-refractivity contribution in [1.82, 2.24) is 9.88 Å². The number of hydrogen-bond donors (Lipinski definition) is 1. The minimum absolute atomic E-state index is 0.195. The van der Waals surface area contributed by atoms with E-state index in [1.165, 1.54) is 12.1 Å². The summed E-state index contributed by atoms with van der Waals surface area (Å²) in [5.41, 5.74) is -0.453. The highest BCUT2D eigenvalue weighted by Crippen LogP contribution is 2.42. The Labute approximate surface area is 143 Å². The van der Waals surface area contributed by atoms with E-state index in [4.69, 9.17) is 4.42 Å². The van der Waals surface area contributed by atoms with Gasteiger partial charge < -0.3 is 9.52 Å². The van der Waals surface area contributed by atoms with Crippen molar-refractivity contribution in [1.29, 1.82) is 0 Å². The van der Waals surface area contributed by atoms with Crippen molar-refractivity contribution < 1.29 is 22.7 Å². The maximum atomic E-state index is 13.3. The first-order valence-corrected chi connectivity index (χ1v) is 8.44. The molecule has 1 aliphatic heterocycles. The molecule has 0 amide bonds. The number of benzene rings is 1. The predicted octanol–water partition coefficient (Wildman–Crippen LogP) is 3.88.